The zero-order valence-electron chi connectivity index (χ0n) is 10.6. The van der Waals surface area contributed by atoms with Crippen molar-refractivity contribution in [3.05, 3.63) is 5.73 Å². The van der Waals surface area contributed by atoms with Gasteiger partial charge < -0.3 is 15.7 Å². The van der Waals surface area contributed by atoms with Crippen molar-refractivity contribution in [3.8, 4) is 0 Å². The van der Waals surface area contributed by atoms with Gasteiger partial charge in [0.25, 0.3) is 0 Å². The largest absolute Gasteiger partial charge is 1.00 e. The van der Waals surface area contributed by atoms with E-state index < -0.39 is 7.82 Å². The summed E-state index contributed by atoms with van der Waals surface area (Å²) in [5.74, 6) is -0.174. The maximum Gasteiger partial charge on any atom is 1.00 e. The van der Waals surface area contributed by atoms with Gasteiger partial charge >= 0.3 is 59.2 Å². The van der Waals surface area contributed by atoms with E-state index in [1.165, 1.54) is 0 Å². The number of nitrogens with one attached hydrogen (secondary N) is 1. The van der Waals surface area contributed by atoms with E-state index in [9.17, 15) is 4.57 Å². The molecule has 0 bridgehead atoms. The monoisotopic (exact) mass is 293 g/mol. The first kappa shape index (κ1) is 21.0. The standard InChI is InChI=1S/C9H21NO5P.K/c1-2-14-16(12,13)15-8-9(7-11)5-3-4-6-10;/h9-11H,2-8H2,1H3,(H,12,13);/q-1;+1. The summed E-state index contributed by atoms with van der Waals surface area (Å²) in [4.78, 5) is 9.13. The predicted octanol–water partition coefficient (Wildman–Crippen LogP) is -1.03. The first-order valence-electron chi connectivity index (χ1n) is 5.43. The van der Waals surface area contributed by atoms with Crippen molar-refractivity contribution >= 4 is 7.82 Å². The molecule has 0 aliphatic carbocycles. The average Bonchev–Trinajstić information content (AvgIpc) is 2.23. The molecule has 8 heteroatoms. The molecule has 0 fully saturated rings. The Bertz CT molecular complexity index is 220. The third kappa shape index (κ3) is 12.4. The fourth-order valence-electron chi connectivity index (χ4n) is 1.19. The quantitative estimate of drug-likeness (QED) is 0.305. The van der Waals surface area contributed by atoms with E-state index in [1.807, 2.05) is 0 Å². The number of hydrogen-bond acceptors (Lipinski definition) is 4. The number of hydrogen-bond donors (Lipinski definition) is 2. The summed E-state index contributed by atoms with van der Waals surface area (Å²) in [5.41, 5.74) is 6.96. The topological polar surface area (TPSA) is 99.8 Å². The van der Waals surface area contributed by atoms with E-state index in [2.05, 4.69) is 4.52 Å². The third-order valence-electron chi connectivity index (χ3n) is 2.06. The van der Waals surface area contributed by atoms with E-state index in [4.69, 9.17) is 20.3 Å². The zero-order valence-corrected chi connectivity index (χ0v) is 14.6. The van der Waals surface area contributed by atoms with E-state index >= 15 is 0 Å². The van der Waals surface area contributed by atoms with Gasteiger partial charge in [0.15, 0.2) is 0 Å². The molecule has 6 nitrogen and oxygen atoms in total. The summed E-state index contributed by atoms with van der Waals surface area (Å²) in [5, 5.41) is 9.01. The summed E-state index contributed by atoms with van der Waals surface area (Å²) in [7, 11) is -3.95. The van der Waals surface area contributed by atoms with Gasteiger partial charge in [0.05, 0.1) is 13.2 Å². The molecule has 0 saturated heterocycles. The van der Waals surface area contributed by atoms with Gasteiger partial charge in [0, 0.05) is 12.5 Å². The number of phosphoric ester groups is 1. The summed E-state index contributed by atoms with van der Waals surface area (Å²) in [6, 6.07) is 0. The molecule has 98 valence electrons. The van der Waals surface area contributed by atoms with Crippen LogP contribution in [-0.2, 0) is 13.6 Å². The maximum absolute atomic E-state index is 11.2. The Hall–Kier alpha value is 1.67. The van der Waals surface area contributed by atoms with Crippen molar-refractivity contribution in [3.63, 3.8) is 0 Å². The molecule has 0 aromatic heterocycles. The van der Waals surface area contributed by atoms with Crippen LogP contribution < -0.4 is 51.4 Å². The summed E-state index contributed by atoms with van der Waals surface area (Å²) in [6.07, 6.45) is 2.25. The van der Waals surface area contributed by atoms with Crippen LogP contribution in [0.1, 0.15) is 26.2 Å². The molecule has 0 heterocycles. The summed E-state index contributed by atoms with van der Waals surface area (Å²) < 4.78 is 20.4. The van der Waals surface area contributed by atoms with Crippen molar-refractivity contribution in [1.82, 2.24) is 0 Å². The first-order chi connectivity index (χ1) is 7.55. The Morgan fingerprint density at radius 2 is 2.00 bits per heavy atom. The number of aliphatic hydroxyl groups is 1. The molecule has 0 saturated carbocycles. The van der Waals surface area contributed by atoms with Crippen LogP contribution in [0.5, 0.6) is 0 Å². The second kappa shape index (κ2) is 12.7. The van der Waals surface area contributed by atoms with Gasteiger partial charge in [-0.25, -0.2) is 4.57 Å². The van der Waals surface area contributed by atoms with Crippen molar-refractivity contribution in [1.29, 1.82) is 0 Å². The number of aliphatic hydroxyl groups excluding tert-OH is 1. The molecule has 0 aromatic rings. The van der Waals surface area contributed by atoms with Crippen LogP contribution in [0.25, 0.3) is 5.73 Å². The second-order valence-electron chi connectivity index (χ2n) is 3.48. The molecule has 2 unspecified atom stereocenters. The smallest absolute Gasteiger partial charge is 0.677 e. The number of unbranched alkanes of at least 4 members (excludes halogenated alkanes) is 1. The van der Waals surface area contributed by atoms with Gasteiger partial charge in [0.2, 0.25) is 0 Å². The normalized spacial score (nSPS) is 16.0. The van der Waals surface area contributed by atoms with Crippen LogP contribution in [0.3, 0.4) is 0 Å². The molecular formula is C9H21KNO5P. The summed E-state index contributed by atoms with van der Waals surface area (Å²) >= 11 is 0. The van der Waals surface area contributed by atoms with Crippen LogP contribution in [0, 0.1) is 5.92 Å². The Morgan fingerprint density at radius 3 is 2.47 bits per heavy atom. The minimum absolute atomic E-state index is 0. The maximum atomic E-state index is 11.2. The van der Waals surface area contributed by atoms with Crippen LogP contribution in [-0.4, -0.2) is 36.4 Å². The van der Waals surface area contributed by atoms with E-state index in [-0.39, 0.29) is 77.1 Å². The van der Waals surface area contributed by atoms with Gasteiger partial charge in [-0.3, -0.25) is 9.05 Å². The molecular weight excluding hydrogens is 272 g/mol. The zero-order chi connectivity index (χ0) is 12.4. The van der Waals surface area contributed by atoms with Crippen molar-refractivity contribution in [2.24, 2.45) is 5.92 Å². The van der Waals surface area contributed by atoms with E-state index in [1.54, 1.807) is 6.92 Å². The number of rotatable bonds is 10. The Balaban J connectivity index is 0. The number of phosphoric acid groups is 1. The van der Waals surface area contributed by atoms with Gasteiger partial charge in [0.1, 0.15) is 0 Å². The van der Waals surface area contributed by atoms with Crippen LogP contribution >= 0.6 is 7.82 Å². The van der Waals surface area contributed by atoms with E-state index in [0.717, 1.165) is 12.8 Å². The Labute approximate surface area is 145 Å². The van der Waals surface area contributed by atoms with Crippen LogP contribution in [0.4, 0.5) is 0 Å². The molecule has 0 rings (SSSR count). The average molecular weight is 293 g/mol. The fraction of sp³-hybridized carbons (Fsp3) is 1.00. The predicted molar refractivity (Wildman–Crippen MR) is 61.0 cm³/mol. The molecule has 17 heavy (non-hydrogen) atoms. The van der Waals surface area contributed by atoms with Gasteiger partial charge in [-0.15, -0.1) is 0 Å². The first-order valence-corrected chi connectivity index (χ1v) is 6.92. The molecule has 0 aliphatic rings. The fourth-order valence-corrected chi connectivity index (χ4v) is 1.99. The molecule has 0 spiro atoms. The second-order valence-corrected chi connectivity index (χ2v) is 4.93. The molecule has 3 N–H and O–H groups in total. The van der Waals surface area contributed by atoms with E-state index in [0.29, 0.717) is 13.0 Å². The molecule has 2 atom stereocenters. The minimum Gasteiger partial charge on any atom is -0.677 e. The van der Waals surface area contributed by atoms with Crippen molar-refractivity contribution in [2.75, 3.05) is 26.4 Å². The molecule has 0 amide bonds. The minimum atomic E-state index is -3.95. The van der Waals surface area contributed by atoms with Gasteiger partial charge in [-0.05, 0) is 13.3 Å². The Kier molecular flexibility index (Phi) is 15.7. The van der Waals surface area contributed by atoms with Crippen LogP contribution in [0.2, 0.25) is 0 Å². The Morgan fingerprint density at radius 1 is 1.35 bits per heavy atom. The van der Waals surface area contributed by atoms with Crippen LogP contribution in [0.15, 0.2) is 0 Å². The summed E-state index contributed by atoms with van der Waals surface area (Å²) in [6.45, 7) is 1.98. The molecule has 0 radical (unpaired) electrons. The molecule has 0 aromatic carbocycles. The third-order valence-corrected chi connectivity index (χ3v) is 3.12. The van der Waals surface area contributed by atoms with Crippen molar-refractivity contribution in [2.45, 2.75) is 26.2 Å². The molecule has 0 aliphatic heterocycles. The SMILES string of the molecule is CCOP(=O)(O)OCC(CO)CCCC[NH-].[K+]. The van der Waals surface area contributed by atoms with Gasteiger partial charge in [-0.1, -0.05) is 12.8 Å². The van der Waals surface area contributed by atoms with Gasteiger partial charge in [-0.2, -0.15) is 6.54 Å². The van der Waals surface area contributed by atoms with Crippen molar-refractivity contribution < 1.29 is 75.0 Å².